The van der Waals surface area contributed by atoms with Crippen LogP contribution in [0.5, 0.6) is 11.5 Å². The van der Waals surface area contributed by atoms with E-state index < -0.39 is 0 Å². The lowest BCUT2D eigenvalue weighted by atomic mass is 10.2. The van der Waals surface area contributed by atoms with Crippen molar-refractivity contribution in [2.45, 2.75) is 13.3 Å². The number of para-hydroxylation sites is 1. The van der Waals surface area contributed by atoms with Gasteiger partial charge >= 0.3 is 0 Å². The Balaban J connectivity index is 1.51. The van der Waals surface area contributed by atoms with Gasteiger partial charge in [0, 0.05) is 12.1 Å². The van der Waals surface area contributed by atoms with Crippen LogP contribution < -0.4 is 14.8 Å². The van der Waals surface area contributed by atoms with Gasteiger partial charge in [0.15, 0.2) is 0 Å². The largest absolute Gasteiger partial charge is 0.497 e. The van der Waals surface area contributed by atoms with Crippen molar-refractivity contribution >= 4 is 17.2 Å². The van der Waals surface area contributed by atoms with E-state index in [-0.39, 0.29) is 5.91 Å². The highest BCUT2D eigenvalue weighted by molar-refractivity contribution is 7.17. The summed E-state index contributed by atoms with van der Waals surface area (Å²) >= 11 is 1.40. The maximum absolute atomic E-state index is 12.4. The molecule has 0 aliphatic rings. The Labute approximate surface area is 163 Å². The van der Waals surface area contributed by atoms with Crippen molar-refractivity contribution in [2.24, 2.45) is 0 Å². The summed E-state index contributed by atoms with van der Waals surface area (Å²) < 4.78 is 10.8. The van der Waals surface area contributed by atoms with Crippen LogP contribution in [-0.2, 0) is 0 Å². The number of rotatable bonds is 8. The van der Waals surface area contributed by atoms with Gasteiger partial charge in [-0.1, -0.05) is 18.2 Å². The van der Waals surface area contributed by atoms with E-state index in [4.69, 9.17) is 9.47 Å². The third-order valence-electron chi connectivity index (χ3n) is 3.96. The van der Waals surface area contributed by atoms with Crippen LogP contribution in [0, 0.1) is 6.92 Å². The standard InChI is InChI=1S/C21H22N2O3S/c1-15-19(27-21(23-15)16-9-11-17(25-2)12-10-16)20(24)22-13-6-14-26-18-7-4-3-5-8-18/h3-5,7-12H,6,13-14H2,1-2H3,(H,22,24). The SMILES string of the molecule is COc1ccc(-c2nc(C)c(C(=O)NCCCOc3ccccc3)s2)cc1. The van der Waals surface area contributed by atoms with Crippen LogP contribution in [0.15, 0.2) is 54.6 Å². The molecule has 0 spiro atoms. The number of nitrogens with one attached hydrogen (secondary N) is 1. The number of thiazole rings is 1. The Hall–Kier alpha value is -2.86. The van der Waals surface area contributed by atoms with Crippen molar-refractivity contribution < 1.29 is 14.3 Å². The summed E-state index contributed by atoms with van der Waals surface area (Å²) in [5.41, 5.74) is 1.71. The number of methoxy groups -OCH3 is 1. The van der Waals surface area contributed by atoms with Crippen LogP contribution >= 0.6 is 11.3 Å². The van der Waals surface area contributed by atoms with Gasteiger partial charge in [0.25, 0.3) is 5.91 Å². The van der Waals surface area contributed by atoms with Crippen LogP contribution in [0.1, 0.15) is 21.8 Å². The van der Waals surface area contributed by atoms with Gasteiger partial charge < -0.3 is 14.8 Å². The molecule has 6 heteroatoms. The highest BCUT2D eigenvalue weighted by atomic mass is 32.1. The third-order valence-corrected chi connectivity index (χ3v) is 5.16. The fourth-order valence-corrected chi connectivity index (χ4v) is 3.51. The average Bonchev–Trinajstić information content (AvgIpc) is 3.10. The molecule has 0 saturated heterocycles. The van der Waals surface area contributed by atoms with E-state index in [9.17, 15) is 4.79 Å². The summed E-state index contributed by atoms with van der Waals surface area (Å²) in [5, 5.41) is 3.77. The van der Waals surface area contributed by atoms with Crippen molar-refractivity contribution in [1.82, 2.24) is 10.3 Å². The summed E-state index contributed by atoms with van der Waals surface area (Å²) in [7, 11) is 1.63. The topological polar surface area (TPSA) is 60.5 Å². The van der Waals surface area contributed by atoms with E-state index >= 15 is 0 Å². The molecule has 0 aliphatic heterocycles. The molecule has 2 aromatic carbocycles. The Kier molecular flexibility index (Phi) is 6.44. The van der Waals surface area contributed by atoms with E-state index in [1.54, 1.807) is 7.11 Å². The molecule has 0 aliphatic carbocycles. The second-order valence-corrected chi connectivity index (χ2v) is 6.93. The van der Waals surface area contributed by atoms with Gasteiger partial charge in [0.1, 0.15) is 21.4 Å². The Morgan fingerprint density at radius 1 is 1.07 bits per heavy atom. The second kappa shape index (κ2) is 9.19. The van der Waals surface area contributed by atoms with E-state index in [2.05, 4.69) is 10.3 Å². The van der Waals surface area contributed by atoms with Crippen LogP contribution in [0.3, 0.4) is 0 Å². The van der Waals surface area contributed by atoms with E-state index in [1.807, 2.05) is 61.5 Å². The maximum atomic E-state index is 12.4. The molecule has 0 saturated carbocycles. The number of aryl methyl sites for hydroxylation is 1. The summed E-state index contributed by atoms with van der Waals surface area (Å²) in [6.45, 7) is 2.97. The highest BCUT2D eigenvalue weighted by Gasteiger charge is 2.15. The van der Waals surface area contributed by atoms with Crippen LogP contribution in [0.25, 0.3) is 10.6 Å². The number of hydrogen-bond donors (Lipinski definition) is 1. The van der Waals surface area contributed by atoms with Gasteiger partial charge in [-0.15, -0.1) is 11.3 Å². The number of hydrogen-bond acceptors (Lipinski definition) is 5. The normalized spacial score (nSPS) is 10.4. The minimum Gasteiger partial charge on any atom is -0.497 e. The monoisotopic (exact) mass is 382 g/mol. The van der Waals surface area contributed by atoms with Crippen molar-refractivity contribution in [3.63, 3.8) is 0 Å². The van der Waals surface area contributed by atoms with Crippen LogP contribution in [0.4, 0.5) is 0 Å². The van der Waals surface area contributed by atoms with Crippen molar-refractivity contribution in [3.05, 3.63) is 65.2 Å². The van der Waals surface area contributed by atoms with Gasteiger partial charge in [-0.2, -0.15) is 0 Å². The lowest BCUT2D eigenvalue weighted by Crippen LogP contribution is -2.25. The molecule has 1 aromatic heterocycles. The predicted molar refractivity (Wildman–Crippen MR) is 108 cm³/mol. The first kappa shape index (κ1) is 18.9. The number of carbonyl (C=O) groups is 1. The molecule has 1 N–H and O–H groups in total. The molecule has 0 unspecified atom stereocenters. The third kappa shape index (κ3) is 5.08. The molecule has 1 heterocycles. The summed E-state index contributed by atoms with van der Waals surface area (Å²) in [6.07, 6.45) is 0.740. The lowest BCUT2D eigenvalue weighted by molar-refractivity contribution is 0.0955. The molecule has 0 fully saturated rings. The van der Waals surface area contributed by atoms with Crippen LogP contribution in [0.2, 0.25) is 0 Å². The smallest absolute Gasteiger partial charge is 0.263 e. The molecule has 27 heavy (non-hydrogen) atoms. The zero-order valence-corrected chi connectivity index (χ0v) is 16.2. The van der Waals surface area contributed by atoms with E-state index in [0.29, 0.717) is 18.0 Å². The Bertz CT molecular complexity index is 876. The summed E-state index contributed by atoms with van der Waals surface area (Å²) in [6, 6.07) is 17.3. The molecule has 0 radical (unpaired) electrons. The molecule has 1 amide bonds. The zero-order valence-electron chi connectivity index (χ0n) is 15.4. The van der Waals surface area contributed by atoms with Gasteiger partial charge in [0.2, 0.25) is 0 Å². The number of ether oxygens (including phenoxy) is 2. The Morgan fingerprint density at radius 3 is 2.52 bits per heavy atom. The summed E-state index contributed by atoms with van der Waals surface area (Å²) in [4.78, 5) is 17.6. The molecule has 140 valence electrons. The van der Waals surface area contributed by atoms with E-state index in [1.165, 1.54) is 11.3 Å². The van der Waals surface area contributed by atoms with Crippen molar-refractivity contribution in [1.29, 1.82) is 0 Å². The van der Waals surface area contributed by atoms with Gasteiger partial charge in [-0.3, -0.25) is 4.79 Å². The minimum atomic E-state index is -0.0931. The fraction of sp³-hybridized carbons (Fsp3) is 0.238. The first-order valence-electron chi connectivity index (χ1n) is 8.75. The van der Waals surface area contributed by atoms with Crippen LogP contribution in [-0.4, -0.2) is 31.2 Å². The summed E-state index contributed by atoms with van der Waals surface area (Å²) in [5.74, 6) is 1.54. The molecule has 0 atom stereocenters. The quantitative estimate of drug-likeness (QED) is 0.589. The predicted octanol–water partition coefficient (Wildman–Crippen LogP) is 4.33. The molecule has 0 bridgehead atoms. The molecule has 5 nitrogen and oxygen atoms in total. The number of benzene rings is 2. The fourth-order valence-electron chi connectivity index (χ4n) is 2.53. The van der Waals surface area contributed by atoms with Gasteiger partial charge in [-0.25, -0.2) is 4.98 Å². The molecule has 3 rings (SSSR count). The van der Waals surface area contributed by atoms with Crippen molar-refractivity contribution in [3.8, 4) is 22.1 Å². The second-order valence-electron chi connectivity index (χ2n) is 5.93. The number of carbonyl (C=O) groups excluding carboxylic acids is 1. The first-order chi connectivity index (χ1) is 13.2. The van der Waals surface area contributed by atoms with Crippen molar-refractivity contribution in [2.75, 3.05) is 20.3 Å². The van der Waals surface area contributed by atoms with Gasteiger partial charge in [0.05, 0.1) is 19.4 Å². The van der Waals surface area contributed by atoms with E-state index in [0.717, 1.165) is 34.2 Å². The molecular weight excluding hydrogens is 360 g/mol. The zero-order chi connectivity index (χ0) is 19.1. The molecular formula is C21H22N2O3S. The first-order valence-corrected chi connectivity index (χ1v) is 9.57. The lowest BCUT2D eigenvalue weighted by Gasteiger charge is -2.06. The number of amides is 1. The highest BCUT2D eigenvalue weighted by Crippen LogP contribution is 2.29. The average molecular weight is 382 g/mol. The maximum Gasteiger partial charge on any atom is 0.263 e. The number of aromatic nitrogens is 1. The number of nitrogens with zero attached hydrogens (tertiary/aromatic N) is 1. The molecule has 3 aromatic rings. The minimum absolute atomic E-state index is 0.0931. The van der Waals surface area contributed by atoms with Gasteiger partial charge in [-0.05, 0) is 49.7 Å². The Morgan fingerprint density at radius 2 is 1.81 bits per heavy atom.